The van der Waals surface area contributed by atoms with Crippen molar-refractivity contribution in [2.75, 3.05) is 23.3 Å². The lowest BCUT2D eigenvalue weighted by atomic mass is 10.0. The van der Waals surface area contributed by atoms with Crippen molar-refractivity contribution in [3.8, 4) is 12.1 Å². The third-order valence-electron chi connectivity index (χ3n) is 4.67. The highest BCUT2D eigenvalue weighted by molar-refractivity contribution is 5.59. The molecule has 0 aromatic carbocycles. The summed E-state index contributed by atoms with van der Waals surface area (Å²) in [5.41, 5.74) is 1.88. The van der Waals surface area contributed by atoms with E-state index in [0.717, 1.165) is 37.4 Å². The first-order chi connectivity index (χ1) is 12.8. The standard InChI is InChI=1S/C19H17N7/c20-11-14-4-5-17(22-13-14)25-9-6-15(7-10-25)23-19-16(12-21)26-8-2-1-3-18(26)24-19/h1-5,8,13,15,23H,6-7,9-10H2. The summed E-state index contributed by atoms with van der Waals surface area (Å²) in [5.74, 6) is 1.54. The first-order valence-corrected chi connectivity index (χ1v) is 8.53. The average molecular weight is 343 g/mol. The maximum absolute atomic E-state index is 9.48. The van der Waals surface area contributed by atoms with Crippen molar-refractivity contribution in [1.82, 2.24) is 14.4 Å². The molecular weight excluding hydrogens is 326 g/mol. The molecule has 26 heavy (non-hydrogen) atoms. The van der Waals surface area contributed by atoms with E-state index in [9.17, 15) is 5.26 Å². The van der Waals surface area contributed by atoms with Crippen molar-refractivity contribution in [1.29, 1.82) is 10.5 Å². The third kappa shape index (κ3) is 2.91. The van der Waals surface area contributed by atoms with Gasteiger partial charge in [0.15, 0.2) is 11.5 Å². The van der Waals surface area contributed by atoms with E-state index < -0.39 is 0 Å². The number of nitrogens with zero attached hydrogens (tertiary/aromatic N) is 6. The largest absolute Gasteiger partial charge is 0.365 e. The molecule has 0 radical (unpaired) electrons. The fraction of sp³-hybridized carbons (Fsp3) is 0.263. The van der Waals surface area contributed by atoms with Crippen LogP contribution in [-0.4, -0.2) is 33.5 Å². The minimum atomic E-state index is 0.265. The summed E-state index contributed by atoms with van der Waals surface area (Å²) >= 11 is 0. The Labute approximate surface area is 151 Å². The van der Waals surface area contributed by atoms with Crippen molar-refractivity contribution < 1.29 is 0 Å². The van der Waals surface area contributed by atoms with Gasteiger partial charge in [0.1, 0.15) is 23.6 Å². The van der Waals surface area contributed by atoms with Crippen LogP contribution in [-0.2, 0) is 0 Å². The van der Waals surface area contributed by atoms with Crippen LogP contribution in [0.1, 0.15) is 24.1 Å². The highest BCUT2D eigenvalue weighted by Gasteiger charge is 2.22. The molecular formula is C19H17N7. The van der Waals surface area contributed by atoms with E-state index in [1.807, 2.05) is 30.5 Å². The van der Waals surface area contributed by atoms with E-state index >= 15 is 0 Å². The number of rotatable bonds is 3. The van der Waals surface area contributed by atoms with Gasteiger partial charge in [-0.25, -0.2) is 9.97 Å². The van der Waals surface area contributed by atoms with Crippen LogP contribution < -0.4 is 10.2 Å². The van der Waals surface area contributed by atoms with Crippen LogP contribution in [0.15, 0.2) is 42.7 Å². The summed E-state index contributed by atoms with van der Waals surface area (Å²) < 4.78 is 1.80. The van der Waals surface area contributed by atoms with Gasteiger partial charge in [0.2, 0.25) is 0 Å². The molecule has 1 saturated heterocycles. The average Bonchev–Trinajstić information content (AvgIpc) is 3.05. The van der Waals surface area contributed by atoms with Gasteiger partial charge in [0, 0.05) is 31.5 Å². The number of pyridine rings is 2. The number of hydrogen-bond donors (Lipinski definition) is 1. The van der Waals surface area contributed by atoms with Crippen LogP contribution in [0, 0.1) is 22.7 Å². The van der Waals surface area contributed by atoms with Gasteiger partial charge in [-0.2, -0.15) is 10.5 Å². The summed E-state index contributed by atoms with van der Waals surface area (Å²) in [5, 5.41) is 21.8. The topological polar surface area (TPSA) is 93.0 Å². The quantitative estimate of drug-likeness (QED) is 0.785. The van der Waals surface area contributed by atoms with E-state index in [0.29, 0.717) is 17.1 Å². The minimum Gasteiger partial charge on any atom is -0.365 e. The normalized spacial score (nSPS) is 14.8. The molecule has 1 aliphatic rings. The zero-order chi connectivity index (χ0) is 17.9. The molecule has 1 N–H and O–H groups in total. The van der Waals surface area contributed by atoms with E-state index in [1.165, 1.54) is 0 Å². The highest BCUT2D eigenvalue weighted by Crippen LogP contribution is 2.23. The lowest BCUT2D eigenvalue weighted by molar-refractivity contribution is 0.522. The highest BCUT2D eigenvalue weighted by atomic mass is 15.2. The first kappa shape index (κ1) is 15.9. The van der Waals surface area contributed by atoms with Crippen LogP contribution in [0.2, 0.25) is 0 Å². The molecule has 0 spiro atoms. The predicted octanol–water partition coefficient (Wildman–Crippen LogP) is 2.55. The lowest BCUT2D eigenvalue weighted by Crippen LogP contribution is -2.39. The van der Waals surface area contributed by atoms with Crippen molar-refractivity contribution in [2.45, 2.75) is 18.9 Å². The molecule has 4 rings (SSSR count). The molecule has 7 nitrogen and oxygen atoms in total. The van der Waals surface area contributed by atoms with Gasteiger partial charge in [-0.1, -0.05) is 6.07 Å². The molecule has 3 aromatic rings. The number of imidazole rings is 1. The van der Waals surface area contributed by atoms with Gasteiger partial charge in [0.05, 0.1) is 5.56 Å². The third-order valence-corrected chi connectivity index (χ3v) is 4.67. The number of hydrogen-bond acceptors (Lipinski definition) is 6. The van der Waals surface area contributed by atoms with E-state index in [4.69, 9.17) is 5.26 Å². The zero-order valence-electron chi connectivity index (χ0n) is 14.1. The molecule has 0 amide bonds. The Morgan fingerprint density at radius 3 is 2.62 bits per heavy atom. The van der Waals surface area contributed by atoms with Crippen LogP contribution in [0.25, 0.3) is 5.65 Å². The molecule has 1 aliphatic heterocycles. The molecule has 4 heterocycles. The second kappa shape index (κ2) is 6.73. The second-order valence-corrected chi connectivity index (χ2v) is 6.27. The Morgan fingerprint density at radius 1 is 1.08 bits per heavy atom. The van der Waals surface area contributed by atoms with Crippen LogP contribution >= 0.6 is 0 Å². The van der Waals surface area contributed by atoms with Crippen molar-refractivity contribution in [3.63, 3.8) is 0 Å². The second-order valence-electron chi connectivity index (χ2n) is 6.27. The number of fused-ring (bicyclic) bond motifs is 1. The fourth-order valence-electron chi connectivity index (χ4n) is 3.29. The molecule has 0 saturated carbocycles. The summed E-state index contributed by atoms with van der Waals surface area (Å²) in [7, 11) is 0. The summed E-state index contributed by atoms with van der Waals surface area (Å²) in [6.45, 7) is 1.73. The van der Waals surface area contributed by atoms with Crippen molar-refractivity contribution in [2.24, 2.45) is 0 Å². The predicted molar refractivity (Wildman–Crippen MR) is 97.7 cm³/mol. The van der Waals surface area contributed by atoms with Crippen LogP contribution in [0.3, 0.4) is 0 Å². The summed E-state index contributed by atoms with van der Waals surface area (Å²) in [6, 6.07) is 14.0. The van der Waals surface area contributed by atoms with Gasteiger partial charge in [-0.3, -0.25) is 4.40 Å². The number of aromatic nitrogens is 3. The van der Waals surface area contributed by atoms with Gasteiger partial charge in [0.25, 0.3) is 0 Å². The van der Waals surface area contributed by atoms with E-state index in [2.05, 4.69) is 32.3 Å². The molecule has 3 aromatic heterocycles. The number of piperidine rings is 1. The van der Waals surface area contributed by atoms with Gasteiger partial charge < -0.3 is 10.2 Å². The minimum absolute atomic E-state index is 0.265. The monoisotopic (exact) mass is 343 g/mol. The number of nitriles is 2. The Kier molecular flexibility index (Phi) is 4.12. The fourth-order valence-corrected chi connectivity index (χ4v) is 3.29. The summed E-state index contributed by atoms with van der Waals surface area (Å²) in [4.78, 5) is 11.1. The first-order valence-electron chi connectivity index (χ1n) is 8.53. The van der Waals surface area contributed by atoms with Crippen LogP contribution in [0.5, 0.6) is 0 Å². The smallest absolute Gasteiger partial charge is 0.168 e. The Balaban J connectivity index is 1.44. The van der Waals surface area contributed by atoms with Gasteiger partial charge >= 0.3 is 0 Å². The number of nitrogens with one attached hydrogen (secondary N) is 1. The maximum Gasteiger partial charge on any atom is 0.168 e. The van der Waals surface area contributed by atoms with Gasteiger partial charge in [-0.15, -0.1) is 0 Å². The Morgan fingerprint density at radius 2 is 1.92 bits per heavy atom. The van der Waals surface area contributed by atoms with Crippen molar-refractivity contribution in [3.05, 3.63) is 54.0 Å². The number of anilines is 2. The molecule has 1 fully saturated rings. The molecule has 128 valence electrons. The SMILES string of the molecule is N#Cc1ccc(N2CCC(Nc3nc4ccccn4c3C#N)CC2)nc1. The Bertz CT molecular complexity index is 999. The molecule has 7 heteroatoms. The lowest BCUT2D eigenvalue weighted by Gasteiger charge is -2.33. The van der Waals surface area contributed by atoms with E-state index in [-0.39, 0.29) is 6.04 Å². The summed E-state index contributed by atoms with van der Waals surface area (Å²) in [6.07, 6.45) is 5.32. The van der Waals surface area contributed by atoms with Crippen molar-refractivity contribution >= 4 is 17.3 Å². The molecule has 0 unspecified atom stereocenters. The molecule has 0 aliphatic carbocycles. The zero-order valence-corrected chi connectivity index (χ0v) is 14.1. The molecule has 0 bridgehead atoms. The van der Waals surface area contributed by atoms with E-state index in [1.54, 1.807) is 16.7 Å². The van der Waals surface area contributed by atoms with Gasteiger partial charge in [-0.05, 0) is 37.1 Å². The molecule has 0 atom stereocenters. The maximum atomic E-state index is 9.48. The van der Waals surface area contributed by atoms with Crippen LogP contribution in [0.4, 0.5) is 11.6 Å². The Hall–Kier alpha value is -3.58.